The van der Waals surface area contributed by atoms with Crippen LogP contribution >= 0.6 is 23.4 Å². The zero-order valence-electron chi connectivity index (χ0n) is 10.4. The van der Waals surface area contributed by atoms with Crippen LogP contribution in [0.1, 0.15) is 0 Å². The van der Waals surface area contributed by atoms with E-state index in [1.165, 1.54) is 37.1 Å². The fourth-order valence-electron chi connectivity index (χ4n) is 1.84. The Bertz CT molecular complexity index is 634. The van der Waals surface area contributed by atoms with E-state index in [0.717, 1.165) is 4.31 Å². The number of carboxylic acids is 1. The van der Waals surface area contributed by atoms with Gasteiger partial charge in [0.2, 0.25) is 10.0 Å². The highest BCUT2D eigenvalue weighted by Gasteiger charge is 2.41. The van der Waals surface area contributed by atoms with Gasteiger partial charge in [0.1, 0.15) is 16.7 Å². The zero-order chi connectivity index (χ0) is 14.9. The van der Waals surface area contributed by atoms with Crippen molar-refractivity contribution in [3.8, 4) is 5.75 Å². The molecule has 0 radical (unpaired) electrons. The SMILES string of the molecule is COc1cc(Cl)ccc1S(=O)(=O)N1CSCC1C(=O)O. The molecule has 1 saturated heterocycles. The van der Waals surface area contributed by atoms with Crippen molar-refractivity contribution in [2.75, 3.05) is 18.7 Å². The van der Waals surface area contributed by atoms with Gasteiger partial charge in [-0.1, -0.05) is 11.6 Å². The van der Waals surface area contributed by atoms with Crippen LogP contribution in [0.25, 0.3) is 0 Å². The largest absolute Gasteiger partial charge is 0.495 e. The lowest BCUT2D eigenvalue weighted by Gasteiger charge is -2.21. The van der Waals surface area contributed by atoms with Gasteiger partial charge in [0, 0.05) is 16.8 Å². The molecular formula is C11H12ClNO5S2. The summed E-state index contributed by atoms with van der Waals surface area (Å²) >= 11 is 7.05. The van der Waals surface area contributed by atoms with Crippen molar-refractivity contribution >= 4 is 39.4 Å². The molecule has 0 aromatic heterocycles. The van der Waals surface area contributed by atoms with Crippen molar-refractivity contribution in [2.45, 2.75) is 10.9 Å². The lowest BCUT2D eigenvalue weighted by atomic mass is 10.3. The molecule has 1 aromatic rings. The number of aliphatic carboxylic acids is 1. The van der Waals surface area contributed by atoms with E-state index in [1.54, 1.807) is 0 Å². The van der Waals surface area contributed by atoms with Gasteiger partial charge in [-0.25, -0.2) is 8.42 Å². The average molecular weight is 338 g/mol. The van der Waals surface area contributed by atoms with Gasteiger partial charge in [-0.15, -0.1) is 11.8 Å². The number of carbonyl (C=O) groups is 1. The molecule has 1 N–H and O–H groups in total. The molecule has 6 nitrogen and oxygen atoms in total. The Labute approximate surface area is 125 Å². The standard InChI is InChI=1S/C11H12ClNO5S2/c1-18-9-4-7(12)2-3-10(9)20(16,17)13-6-19-5-8(13)11(14)15/h2-4,8H,5-6H2,1H3,(H,14,15). The number of carboxylic acid groups (broad SMARTS) is 1. The minimum atomic E-state index is -3.94. The molecular weight excluding hydrogens is 326 g/mol. The molecule has 1 atom stereocenters. The van der Waals surface area contributed by atoms with Gasteiger partial charge in [-0.2, -0.15) is 4.31 Å². The number of hydrogen-bond acceptors (Lipinski definition) is 5. The summed E-state index contributed by atoms with van der Waals surface area (Å²) in [6.07, 6.45) is 0. The monoisotopic (exact) mass is 337 g/mol. The molecule has 0 bridgehead atoms. The van der Waals surface area contributed by atoms with Gasteiger partial charge in [-0.05, 0) is 12.1 Å². The fraction of sp³-hybridized carbons (Fsp3) is 0.364. The molecule has 110 valence electrons. The fourth-order valence-corrected chi connectivity index (χ4v) is 5.27. The molecule has 1 aromatic carbocycles. The minimum absolute atomic E-state index is 0.0850. The van der Waals surface area contributed by atoms with E-state index in [2.05, 4.69) is 0 Å². The second-order valence-corrected chi connectivity index (χ2v) is 7.34. The van der Waals surface area contributed by atoms with Crippen molar-refractivity contribution in [3.63, 3.8) is 0 Å². The van der Waals surface area contributed by atoms with Crippen molar-refractivity contribution in [1.82, 2.24) is 4.31 Å². The number of thioether (sulfide) groups is 1. The van der Waals surface area contributed by atoms with Crippen molar-refractivity contribution in [1.29, 1.82) is 0 Å². The summed E-state index contributed by atoms with van der Waals surface area (Å²) in [5.74, 6) is -0.736. The third kappa shape index (κ3) is 2.73. The van der Waals surface area contributed by atoms with Crippen LogP contribution in [0.15, 0.2) is 23.1 Å². The number of sulfonamides is 1. The van der Waals surface area contributed by atoms with E-state index in [0.29, 0.717) is 5.02 Å². The highest BCUT2D eigenvalue weighted by atomic mass is 35.5. The highest BCUT2D eigenvalue weighted by molar-refractivity contribution is 8.00. The molecule has 0 amide bonds. The summed E-state index contributed by atoms with van der Waals surface area (Å²) in [5.41, 5.74) is 0. The van der Waals surface area contributed by atoms with Crippen LogP contribution < -0.4 is 4.74 Å². The van der Waals surface area contributed by atoms with E-state index >= 15 is 0 Å². The summed E-state index contributed by atoms with van der Waals surface area (Å²) in [6.45, 7) is 0. The third-order valence-electron chi connectivity index (χ3n) is 2.84. The minimum Gasteiger partial charge on any atom is -0.495 e. The summed E-state index contributed by atoms with van der Waals surface area (Å²) in [6, 6.07) is 3.06. The normalized spacial score (nSPS) is 20.0. The maximum absolute atomic E-state index is 12.6. The Morgan fingerprint density at radius 3 is 2.85 bits per heavy atom. The first kappa shape index (κ1) is 15.4. The lowest BCUT2D eigenvalue weighted by molar-refractivity contribution is -0.140. The number of nitrogens with zero attached hydrogens (tertiary/aromatic N) is 1. The van der Waals surface area contributed by atoms with Crippen molar-refractivity contribution in [3.05, 3.63) is 23.2 Å². The van der Waals surface area contributed by atoms with E-state index in [-0.39, 0.29) is 22.3 Å². The summed E-state index contributed by atoms with van der Waals surface area (Å²) in [5, 5.41) is 9.43. The van der Waals surface area contributed by atoms with Crippen LogP contribution in [0, 0.1) is 0 Å². The summed E-state index contributed by atoms with van der Waals surface area (Å²) < 4.78 is 31.1. The van der Waals surface area contributed by atoms with Gasteiger partial charge in [-0.3, -0.25) is 4.79 Å². The van der Waals surface area contributed by atoms with Crippen LogP contribution in [0.3, 0.4) is 0 Å². The number of benzene rings is 1. The van der Waals surface area contributed by atoms with Gasteiger partial charge >= 0.3 is 5.97 Å². The first-order chi connectivity index (χ1) is 9.37. The number of rotatable bonds is 4. The Kier molecular flexibility index (Phi) is 4.48. The molecule has 9 heteroatoms. The second kappa shape index (κ2) is 5.80. The van der Waals surface area contributed by atoms with E-state index in [4.69, 9.17) is 21.4 Å². The quantitative estimate of drug-likeness (QED) is 0.896. The van der Waals surface area contributed by atoms with Crippen LogP contribution in [0.4, 0.5) is 0 Å². The van der Waals surface area contributed by atoms with E-state index in [9.17, 15) is 13.2 Å². The van der Waals surface area contributed by atoms with E-state index in [1.807, 2.05) is 0 Å². The summed E-state index contributed by atoms with van der Waals surface area (Å²) in [7, 11) is -2.61. The van der Waals surface area contributed by atoms with Gasteiger partial charge in [0.05, 0.1) is 13.0 Å². The second-order valence-electron chi connectivity index (χ2n) is 4.04. The first-order valence-electron chi connectivity index (χ1n) is 5.54. The molecule has 0 aliphatic carbocycles. The molecule has 2 rings (SSSR count). The summed E-state index contributed by atoms with van der Waals surface area (Å²) in [4.78, 5) is 11.0. The predicted octanol–water partition coefficient (Wildman–Crippen LogP) is 1.50. The van der Waals surface area contributed by atoms with Gasteiger partial charge in [0.25, 0.3) is 0 Å². The molecule has 20 heavy (non-hydrogen) atoms. The van der Waals surface area contributed by atoms with Gasteiger partial charge < -0.3 is 9.84 Å². The van der Waals surface area contributed by atoms with Crippen LogP contribution in [0.2, 0.25) is 5.02 Å². The van der Waals surface area contributed by atoms with Crippen LogP contribution in [-0.4, -0.2) is 48.6 Å². The van der Waals surface area contributed by atoms with Crippen LogP contribution in [-0.2, 0) is 14.8 Å². The predicted molar refractivity (Wildman–Crippen MR) is 75.8 cm³/mol. The zero-order valence-corrected chi connectivity index (χ0v) is 12.8. The molecule has 1 aliphatic rings. The topological polar surface area (TPSA) is 83.9 Å². The molecule has 0 saturated carbocycles. The van der Waals surface area contributed by atoms with E-state index < -0.39 is 22.0 Å². The molecule has 1 aliphatic heterocycles. The number of methoxy groups -OCH3 is 1. The maximum atomic E-state index is 12.6. The first-order valence-corrected chi connectivity index (χ1v) is 8.51. The molecule has 0 spiro atoms. The Hall–Kier alpha value is -0.960. The number of hydrogen-bond donors (Lipinski definition) is 1. The average Bonchev–Trinajstić information content (AvgIpc) is 2.88. The number of ether oxygens (including phenoxy) is 1. The smallest absolute Gasteiger partial charge is 0.322 e. The Morgan fingerprint density at radius 1 is 1.55 bits per heavy atom. The van der Waals surface area contributed by atoms with Crippen molar-refractivity contribution in [2.24, 2.45) is 0 Å². The number of halogens is 1. The molecule has 1 unspecified atom stereocenters. The highest BCUT2D eigenvalue weighted by Crippen LogP contribution is 2.34. The maximum Gasteiger partial charge on any atom is 0.322 e. The Balaban J connectivity index is 2.47. The lowest BCUT2D eigenvalue weighted by Crippen LogP contribution is -2.41. The van der Waals surface area contributed by atoms with Crippen molar-refractivity contribution < 1.29 is 23.1 Å². The van der Waals surface area contributed by atoms with Gasteiger partial charge in [0.15, 0.2) is 0 Å². The third-order valence-corrected chi connectivity index (χ3v) is 6.14. The van der Waals surface area contributed by atoms with Crippen LogP contribution in [0.5, 0.6) is 5.75 Å². The molecule has 1 fully saturated rings. The Morgan fingerprint density at radius 2 is 2.25 bits per heavy atom. The molecule has 1 heterocycles.